The van der Waals surface area contributed by atoms with Gasteiger partial charge in [0.25, 0.3) is 0 Å². The van der Waals surface area contributed by atoms with E-state index in [4.69, 9.17) is 14.8 Å². The molecule has 0 radical (unpaired) electrons. The number of hydrogen-bond donors (Lipinski definition) is 1. The number of carbonyl (C=O) groups is 1. The number of anilines is 1. The summed E-state index contributed by atoms with van der Waals surface area (Å²) in [5, 5.41) is 6.11. The number of ether oxygens (including phenoxy) is 1. The third-order valence-corrected chi connectivity index (χ3v) is 7.79. The van der Waals surface area contributed by atoms with E-state index < -0.39 is 15.9 Å². The van der Waals surface area contributed by atoms with Gasteiger partial charge in [0.1, 0.15) is 0 Å². The molecule has 3 heterocycles. The third-order valence-electron chi connectivity index (χ3n) is 7.19. The lowest BCUT2D eigenvalue weighted by Crippen LogP contribution is -2.35. The third kappa shape index (κ3) is 5.24. The van der Waals surface area contributed by atoms with E-state index >= 15 is 0 Å². The van der Waals surface area contributed by atoms with Crippen LogP contribution in [0.3, 0.4) is 0 Å². The Morgan fingerprint density at radius 3 is 2.47 bits per heavy atom. The standard InChI is InChI=1S/C26H33N5O4S/c1-35-17-18-11-13-30(14-12-18)22-15-20(16-23(32)29-36(2,33)34)27-26-24(22)25(19-7-6-8-19)28-31(26)21-9-4-3-5-10-21/h3-5,9-10,15,18-19H,6-8,11-14,16-17H2,1-2H3,(H,29,32). The molecular weight excluding hydrogens is 478 g/mol. The zero-order valence-electron chi connectivity index (χ0n) is 20.8. The maximum absolute atomic E-state index is 12.5. The Kier molecular flexibility index (Phi) is 6.98. The number of fused-ring (bicyclic) bond motifs is 1. The lowest BCUT2D eigenvalue weighted by atomic mass is 9.81. The highest BCUT2D eigenvalue weighted by atomic mass is 32.2. The van der Waals surface area contributed by atoms with Crippen molar-refractivity contribution in [3.63, 3.8) is 0 Å². The molecule has 0 unspecified atom stereocenters. The van der Waals surface area contributed by atoms with Crippen LogP contribution in [0.1, 0.15) is 49.4 Å². The molecule has 1 aliphatic carbocycles. The predicted molar refractivity (Wildman–Crippen MR) is 139 cm³/mol. The molecule has 1 saturated carbocycles. The molecule has 2 aliphatic rings. The Balaban J connectivity index is 1.62. The fraction of sp³-hybridized carbons (Fsp3) is 0.500. The maximum Gasteiger partial charge on any atom is 0.239 e. The number of nitrogens with one attached hydrogen (secondary N) is 1. The first-order valence-electron chi connectivity index (χ1n) is 12.5. The number of methoxy groups -OCH3 is 1. The van der Waals surface area contributed by atoms with Crippen molar-refractivity contribution >= 4 is 32.7 Å². The average molecular weight is 512 g/mol. The molecule has 2 fully saturated rings. The summed E-state index contributed by atoms with van der Waals surface area (Å²) in [6.45, 7) is 2.52. The zero-order chi connectivity index (χ0) is 25.3. The van der Waals surface area contributed by atoms with Crippen LogP contribution >= 0.6 is 0 Å². The van der Waals surface area contributed by atoms with Gasteiger partial charge in [-0.25, -0.2) is 18.1 Å². The molecule has 1 saturated heterocycles. The summed E-state index contributed by atoms with van der Waals surface area (Å²) in [5.74, 6) is 0.323. The molecule has 0 atom stereocenters. The maximum atomic E-state index is 12.5. The molecule has 1 amide bonds. The first kappa shape index (κ1) is 24.7. The van der Waals surface area contributed by atoms with E-state index in [1.165, 1.54) is 6.42 Å². The number of sulfonamides is 1. The lowest BCUT2D eigenvalue weighted by Gasteiger charge is -2.34. The van der Waals surface area contributed by atoms with E-state index in [2.05, 4.69) is 9.62 Å². The van der Waals surface area contributed by atoms with Crippen molar-refractivity contribution in [2.24, 2.45) is 5.92 Å². The smallest absolute Gasteiger partial charge is 0.239 e. The topological polar surface area (TPSA) is 106 Å². The van der Waals surface area contributed by atoms with Crippen LogP contribution in [0.5, 0.6) is 0 Å². The molecule has 10 heteroatoms. The number of nitrogens with zero attached hydrogens (tertiary/aromatic N) is 4. The van der Waals surface area contributed by atoms with Crippen LogP contribution in [0.2, 0.25) is 0 Å². The van der Waals surface area contributed by atoms with Crippen LogP contribution < -0.4 is 9.62 Å². The molecular formula is C26H33N5O4S. The summed E-state index contributed by atoms with van der Waals surface area (Å²) in [7, 11) is -1.90. The Morgan fingerprint density at radius 1 is 1.14 bits per heavy atom. The molecule has 0 spiro atoms. The summed E-state index contributed by atoms with van der Waals surface area (Å²) in [5.41, 5.74) is 4.23. The van der Waals surface area contributed by atoms with Gasteiger partial charge in [0, 0.05) is 32.7 Å². The van der Waals surface area contributed by atoms with E-state index in [0.29, 0.717) is 23.2 Å². The van der Waals surface area contributed by atoms with Crippen LogP contribution in [-0.2, 0) is 26.0 Å². The molecule has 1 aromatic carbocycles. The molecule has 5 rings (SSSR count). The first-order valence-corrected chi connectivity index (χ1v) is 14.4. The van der Waals surface area contributed by atoms with Gasteiger partial charge in [0.15, 0.2) is 5.65 Å². The van der Waals surface area contributed by atoms with Crippen LogP contribution in [-0.4, -0.2) is 62.2 Å². The minimum absolute atomic E-state index is 0.130. The van der Waals surface area contributed by atoms with Gasteiger partial charge in [0.05, 0.1) is 40.8 Å². The molecule has 0 bridgehead atoms. The molecule has 3 aromatic rings. The van der Waals surface area contributed by atoms with Gasteiger partial charge in [-0.3, -0.25) is 9.52 Å². The lowest BCUT2D eigenvalue weighted by molar-refractivity contribution is -0.118. The van der Waals surface area contributed by atoms with Gasteiger partial charge in [0.2, 0.25) is 15.9 Å². The van der Waals surface area contributed by atoms with Crippen LogP contribution in [0.4, 0.5) is 5.69 Å². The average Bonchev–Trinajstić information content (AvgIpc) is 3.16. The van der Waals surface area contributed by atoms with Gasteiger partial charge in [-0.2, -0.15) is 5.10 Å². The number of amides is 1. The number of piperidine rings is 1. The Bertz CT molecular complexity index is 1340. The van der Waals surface area contributed by atoms with Crippen molar-refractivity contribution in [1.29, 1.82) is 0 Å². The predicted octanol–water partition coefficient (Wildman–Crippen LogP) is 3.17. The van der Waals surface area contributed by atoms with Crippen LogP contribution in [0, 0.1) is 5.92 Å². The van der Waals surface area contributed by atoms with Gasteiger partial charge >= 0.3 is 0 Å². The largest absolute Gasteiger partial charge is 0.384 e. The van der Waals surface area contributed by atoms with Crippen molar-refractivity contribution in [3.05, 3.63) is 47.8 Å². The zero-order valence-corrected chi connectivity index (χ0v) is 21.6. The normalized spacial score (nSPS) is 17.3. The van der Waals surface area contributed by atoms with E-state index in [0.717, 1.165) is 74.1 Å². The highest BCUT2D eigenvalue weighted by molar-refractivity contribution is 7.89. The Hall–Kier alpha value is -2.98. The minimum Gasteiger partial charge on any atom is -0.384 e. The van der Waals surface area contributed by atoms with Gasteiger partial charge in [-0.1, -0.05) is 24.6 Å². The quantitative estimate of drug-likeness (QED) is 0.495. The summed E-state index contributed by atoms with van der Waals surface area (Å²) in [4.78, 5) is 19.8. The Morgan fingerprint density at radius 2 is 1.86 bits per heavy atom. The number of aromatic nitrogens is 3. The highest BCUT2D eigenvalue weighted by Gasteiger charge is 2.31. The minimum atomic E-state index is -3.65. The second-order valence-electron chi connectivity index (χ2n) is 9.95. The fourth-order valence-electron chi connectivity index (χ4n) is 5.21. The second kappa shape index (κ2) is 10.2. The van der Waals surface area contributed by atoms with Crippen molar-refractivity contribution in [3.8, 4) is 5.69 Å². The second-order valence-corrected chi connectivity index (χ2v) is 11.7. The van der Waals surface area contributed by atoms with Crippen molar-refractivity contribution in [2.75, 3.05) is 38.0 Å². The summed E-state index contributed by atoms with van der Waals surface area (Å²) in [6, 6.07) is 11.9. The number of hydrogen-bond acceptors (Lipinski definition) is 7. The van der Waals surface area contributed by atoms with Gasteiger partial charge < -0.3 is 9.64 Å². The van der Waals surface area contributed by atoms with Crippen molar-refractivity contribution < 1.29 is 17.9 Å². The van der Waals surface area contributed by atoms with E-state index in [1.54, 1.807) is 7.11 Å². The van der Waals surface area contributed by atoms with Gasteiger partial charge in [-0.05, 0) is 49.8 Å². The molecule has 192 valence electrons. The molecule has 36 heavy (non-hydrogen) atoms. The number of para-hydroxylation sites is 1. The Labute approximate surface area is 211 Å². The van der Waals surface area contributed by atoms with E-state index in [-0.39, 0.29) is 6.42 Å². The van der Waals surface area contributed by atoms with E-state index in [9.17, 15) is 13.2 Å². The number of rotatable bonds is 8. The molecule has 9 nitrogen and oxygen atoms in total. The van der Waals surface area contributed by atoms with Crippen molar-refractivity contribution in [2.45, 2.75) is 44.4 Å². The van der Waals surface area contributed by atoms with Crippen LogP contribution in [0.15, 0.2) is 36.4 Å². The number of carbonyl (C=O) groups excluding carboxylic acids is 1. The number of pyridine rings is 1. The first-order chi connectivity index (χ1) is 17.3. The van der Waals surface area contributed by atoms with Gasteiger partial charge in [-0.15, -0.1) is 0 Å². The van der Waals surface area contributed by atoms with Crippen LogP contribution in [0.25, 0.3) is 16.7 Å². The van der Waals surface area contributed by atoms with E-state index in [1.807, 2.05) is 41.1 Å². The fourth-order valence-corrected chi connectivity index (χ4v) is 5.70. The summed E-state index contributed by atoms with van der Waals surface area (Å²) >= 11 is 0. The molecule has 1 aliphatic heterocycles. The SMILES string of the molecule is COCC1CCN(c2cc(CC(=O)NS(C)(=O)=O)nc3c2c(C2CCC2)nn3-c2ccccc2)CC1. The summed E-state index contributed by atoms with van der Waals surface area (Å²) in [6.07, 6.45) is 6.30. The molecule has 2 aromatic heterocycles. The molecule has 1 N–H and O–H groups in total. The number of benzene rings is 1. The van der Waals surface area contributed by atoms with Crippen molar-refractivity contribution in [1.82, 2.24) is 19.5 Å². The highest BCUT2D eigenvalue weighted by Crippen LogP contribution is 2.43. The monoisotopic (exact) mass is 511 g/mol. The summed E-state index contributed by atoms with van der Waals surface area (Å²) < 4.78 is 32.6.